The van der Waals surface area contributed by atoms with Gasteiger partial charge in [0.05, 0.1) is 6.10 Å². The molecule has 1 unspecified atom stereocenters. The highest BCUT2D eigenvalue weighted by atomic mass is 79.9. The maximum absolute atomic E-state index is 12.4. The first-order valence-electron chi connectivity index (χ1n) is 7.03. The fourth-order valence-electron chi connectivity index (χ4n) is 2.23. The van der Waals surface area contributed by atoms with E-state index in [0.29, 0.717) is 29.8 Å². The minimum Gasteiger partial charge on any atom is -0.378 e. The lowest BCUT2D eigenvalue weighted by Crippen LogP contribution is -2.28. The molecule has 0 bridgehead atoms. The molecule has 1 aliphatic heterocycles. The quantitative estimate of drug-likeness (QED) is 0.760. The SMILES string of the molecule is CCNc1ncc(Br)cc1S(=O)(=O)NCCC1CCCO1. The van der Waals surface area contributed by atoms with Crippen molar-refractivity contribution in [3.8, 4) is 0 Å². The summed E-state index contributed by atoms with van der Waals surface area (Å²) in [7, 11) is -3.59. The van der Waals surface area contributed by atoms with E-state index in [4.69, 9.17) is 4.74 Å². The maximum atomic E-state index is 12.4. The summed E-state index contributed by atoms with van der Waals surface area (Å²) >= 11 is 3.26. The monoisotopic (exact) mass is 377 g/mol. The average Bonchev–Trinajstić information content (AvgIpc) is 2.94. The van der Waals surface area contributed by atoms with Crippen LogP contribution in [0.4, 0.5) is 5.82 Å². The van der Waals surface area contributed by atoms with Crippen LogP contribution in [-0.4, -0.2) is 39.2 Å². The Hall–Kier alpha value is -0.700. The zero-order valence-electron chi connectivity index (χ0n) is 11.9. The Labute approximate surface area is 133 Å². The first kappa shape index (κ1) is 16.7. The van der Waals surface area contributed by atoms with Gasteiger partial charge < -0.3 is 10.1 Å². The molecule has 0 aliphatic carbocycles. The average molecular weight is 378 g/mol. The summed E-state index contributed by atoms with van der Waals surface area (Å²) in [6.45, 7) is 3.64. The van der Waals surface area contributed by atoms with Crippen LogP contribution in [0.2, 0.25) is 0 Å². The fourth-order valence-corrected chi connectivity index (χ4v) is 3.92. The molecule has 6 nitrogen and oxygen atoms in total. The first-order chi connectivity index (χ1) is 10.0. The van der Waals surface area contributed by atoms with E-state index in [1.165, 1.54) is 0 Å². The molecule has 1 fully saturated rings. The summed E-state index contributed by atoms with van der Waals surface area (Å²) in [5.41, 5.74) is 0. The molecule has 1 aromatic rings. The molecular weight excluding hydrogens is 358 g/mol. The van der Waals surface area contributed by atoms with Crippen LogP contribution >= 0.6 is 15.9 Å². The minimum absolute atomic E-state index is 0.158. The third-order valence-corrected chi connectivity index (χ3v) is 5.14. The maximum Gasteiger partial charge on any atom is 0.244 e. The molecule has 2 heterocycles. The van der Waals surface area contributed by atoms with Gasteiger partial charge in [-0.05, 0) is 48.2 Å². The Morgan fingerprint density at radius 3 is 3.00 bits per heavy atom. The predicted molar refractivity (Wildman–Crippen MR) is 84.9 cm³/mol. The lowest BCUT2D eigenvalue weighted by molar-refractivity contribution is 0.105. The number of sulfonamides is 1. The van der Waals surface area contributed by atoms with E-state index in [1.807, 2.05) is 6.92 Å². The van der Waals surface area contributed by atoms with Gasteiger partial charge in [0.2, 0.25) is 10.0 Å². The molecule has 0 radical (unpaired) electrons. The van der Waals surface area contributed by atoms with Crippen molar-refractivity contribution in [1.29, 1.82) is 0 Å². The highest BCUT2D eigenvalue weighted by Crippen LogP contribution is 2.23. The Kier molecular flexibility index (Phi) is 5.98. The van der Waals surface area contributed by atoms with Crippen LogP contribution in [0.3, 0.4) is 0 Å². The standard InChI is InChI=1S/C13H20BrN3O3S/c1-2-15-13-12(8-10(14)9-16-13)21(18,19)17-6-5-11-4-3-7-20-11/h8-9,11,17H,2-7H2,1H3,(H,15,16). The summed E-state index contributed by atoms with van der Waals surface area (Å²) in [4.78, 5) is 4.28. The van der Waals surface area contributed by atoms with Crippen LogP contribution in [0, 0.1) is 0 Å². The van der Waals surface area contributed by atoms with Gasteiger partial charge >= 0.3 is 0 Å². The molecule has 1 aromatic heterocycles. The normalized spacial score (nSPS) is 18.9. The van der Waals surface area contributed by atoms with E-state index < -0.39 is 10.0 Å². The van der Waals surface area contributed by atoms with Gasteiger partial charge in [-0.25, -0.2) is 18.1 Å². The number of halogens is 1. The molecule has 0 spiro atoms. The Balaban J connectivity index is 2.05. The van der Waals surface area contributed by atoms with Crippen LogP contribution in [0.25, 0.3) is 0 Å². The smallest absolute Gasteiger partial charge is 0.244 e. The van der Waals surface area contributed by atoms with E-state index in [2.05, 4.69) is 31.0 Å². The zero-order valence-corrected chi connectivity index (χ0v) is 14.3. The van der Waals surface area contributed by atoms with Crippen molar-refractivity contribution in [3.05, 3.63) is 16.7 Å². The lowest BCUT2D eigenvalue weighted by Gasteiger charge is -2.13. The summed E-state index contributed by atoms with van der Waals surface area (Å²) in [6.07, 6.45) is 4.49. The summed E-state index contributed by atoms with van der Waals surface area (Å²) in [6, 6.07) is 1.55. The van der Waals surface area contributed by atoms with Crippen LogP contribution in [-0.2, 0) is 14.8 Å². The first-order valence-corrected chi connectivity index (χ1v) is 9.31. The van der Waals surface area contributed by atoms with Crippen molar-refractivity contribution >= 4 is 31.8 Å². The second-order valence-electron chi connectivity index (χ2n) is 4.85. The largest absolute Gasteiger partial charge is 0.378 e. The predicted octanol–water partition coefficient (Wildman–Crippen LogP) is 2.12. The van der Waals surface area contributed by atoms with E-state index >= 15 is 0 Å². The molecule has 1 saturated heterocycles. The number of nitrogens with zero attached hydrogens (tertiary/aromatic N) is 1. The third kappa shape index (κ3) is 4.64. The van der Waals surface area contributed by atoms with Gasteiger partial charge in [0.25, 0.3) is 0 Å². The van der Waals surface area contributed by atoms with E-state index in [-0.39, 0.29) is 11.0 Å². The number of hydrogen-bond acceptors (Lipinski definition) is 5. The number of nitrogens with one attached hydrogen (secondary N) is 2. The Morgan fingerprint density at radius 2 is 2.33 bits per heavy atom. The molecule has 0 saturated carbocycles. The van der Waals surface area contributed by atoms with Crippen molar-refractivity contribution in [1.82, 2.24) is 9.71 Å². The fraction of sp³-hybridized carbons (Fsp3) is 0.615. The summed E-state index contributed by atoms with van der Waals surface area (Å²) in [5.74, 6) is 0.366. The van der Waals surface area contributed by atoms with Gasteiger partial charge in [0.15, 0.2) is 0 Å². The van der Waals surface area contributed by atoms with Crippen LogP contribution in [0.5, 0.6) is 0 Å². The number of aromatic nitrogens is 1. The third-order valence-electron chi connectivity index (χ3n) is 3.24. The van der Waals surface area contributed by atoms with Gasteiger partial charge in [-0.2, -0.15) is 0 Å². The highest BCUT2D eigenvalue weighted by Gasteiger charge is 2.21. The van der Waals surface area contributed by atoms with E-state index in [0.717, 1.165) is 19.4 Å². The number of anilines is 1. The van der Waals surface area contributed by atoms with Gasteiger partial charge in [0, 0.05) is 30.4 Å². The Morgan fingerprint density at radius 1 is 1.52 bits per heavy atom. The molecule has 0 amide bonds. The Bertz CT molecular complexity index is 574. The summed E-state index contributed by atoms with van der Waals surface area (Å²) in [5, 5.41) is 2.97. The van der Waals surface area contributed by atoms with Crippen molar-refractivity contribution in [2.45, 2.75) is 37.2 Å². The van der Waals surface area contributed by atoms with Crippen molar-refractivity contribution in [2.75, 3.05) is 25.0 Å². The van der Waals surface area contributed by atoms with E-state index in [1.54, 1.807) is 12.3 Å². The molecule has 21 heavy (non-hydrogen) atoms. The lowest BCUT2D eigenvalue weighted by atomic mass is 10.2. The number of hydrogen-bond donors (Lipinski definition) is 2. The number of rotatable bonds is 7. The van der Waals surface area contributed by atoms with Gasteiger partial charge in [-0.3, -0.25) is 0 Å². The second kappa shape index (κ2) is 7.53. The number of ether oxygens (including phenoxy) is 1. The number of pyridine rings is 1. The van der Waals surface area contributed by atoms with Crippen LogP contribution < -0.4 is 10.0 Å². The molecule has 2 N–H and O–H groups in total. The molecule has 0 aromatic carbocycles. The highest BCUT2D eigenvalue weighted by molar-refractivity contribution is 9.10. The molecule has 118 valence electrons. The molecule has 8 heteroatoms. The molecule has 2 rings (SSSR count). The van der Waals surface area contributed by atoms with Crippen molar-refractivity contribution < 1.29 is 13.2 Å². The molecular formula is C13H20BrN3O3S. The second-order valence-corrected chi connectivity index (χ2v) is 7.50. The topological polar surface area (TPSA) is 80.3 Å². The van der Waals surface area contributed by atoms with E-state index in [9.17, 15) is 8.42 Å². The van der Waals surface area contributed by atoms with Gasteiger partial charge in [-0.1, -0.05) is 0 Å². The van der Waals surface area contributed by atoms with Crippen LogP contribution in [0.1, 0.15) is 26.2 Å². The van der Waals surface area contributed by atoms with Gasteiger partial charge in [-0.15, -0.1) is 0 Å². The zero-order chi connectivity index (χ0) is 15.3. The van der Waals surface area contributed by atoms with Crippen LogP contribution in [0.15, 0.2) is 21.6 Å². The van der Waals surface area contributed by atoms with Gasteiger partial charge in [0.1, 0.15) is 10.7 Å². The summed E-state index contributed by atoms with van der Waals surface area (Å²) < 4.78 is 33.5. The molecule has 1 aliphatic rings. The van der Waals surface area contributed by atoms with Crippen molar-refractivity contribution in [2.24, 2.45) is 0 Å². The molecule has 1 atom stereocenters. The minimum atomic E-state index is -3.59. The van der Waals surface area contributed by atoms with Crippen molar-refractivity contribution in [3.63, 3.8) is 0 Å².